The molecule has 4 aromatic rings. The molecule has 172 valence electrons. The van der Waals surface area contributed by atoms with Crippen LogP contribution in [-0.4, -0.2) is 32.5 Å². The molecule has 0 aliphatic heterocycles. The number of benzene rings is 2. The van der Waals surface area contributed by atoms with Crippen molar-refractivity contribution >= 4 is 34.2 Å². The Morgan fingerprint density at radius 2 is 1.62 bits per heavy atom. The smallest absolute Gasteiger partial charge is 0.332 e. The summed E-state index contributed by atoms with van der Waals surface area (Å²) in [4.78, 5) is 53.5. The van der Waals surface area contributed by atoms with E-state index >= 15 is 0 Å². The van der Waals surface area contributed by atoms with Crippen molar-refractivity contribution in [3.05, 3.63) is 93.3 Å². The Balaban J connectivity index is 1.46. The molecule has 34 heavy (non-hydrogen) atoms. The third-order valence-corrected chi connectivity index (χ3v) is 5.05. The molecule has 2 aromatic heterocycles. The summed E-state index contributed by atoms with van der Waals surface area (Å²) in [6, 6.07) is 18.4. The molecule has 0 bridgehead atoms. The molecule has 0 spiro atoms. The Kier molecular flexibility index (Phi) is 6.22. The summed E-state index contributed by atoms with van der Waals surface area (Å²) < 4.78 is 7.72. The Morgan fingerprint density at radius 1 is 0.882 bits per heavy atom. The van der Waals surface area contributed by atoms with Gasteiger partial charge in [-0.2, -0.15) is 0 Å². The van der Waals surface area contributed by atoms with Crippen LogP contribution in [0.15, 0.2) is 76.3 Å². The van der Waals surface area contributed by atoms with Gasteiger partial charge in [-0.15, -0.1) is 0 Å². The average molecular weight is 459 g/mol. The van der Waals surface area contributed by atoms with Crippen molar-refractivity contribution in [2.45, 2.75) is 0 Å². The topological polar surface area (TPSA) is 124 Å². The van der Waals surface area contributed by atoms with Gasteiger partial charge in [0.1, 0.15) is 17.1 Å². The fraction of sp³-hybridized carbons (Fsp3) is 0.125. The van der Waals surface area contributed by atoms with E-state index in [0.29, 0.717) is 17.1 Å². The molecule has 0 aliphatic carbocycles. The summed E-state index contributed by atoms with van der Waals surface area (Å²) in [5.41, 5.74) is 0.204. The van der Waals surface area contributed by atoms with Crippen LogP contribution >= 0.6 is 0 Å². The molecule has 0 unspecified atom stereocenters. The minimum Gasteiger partial charge on any atom is -0.484 e. The largest absolute Gasteiger partial charge is 0.484 e. The molecule has 2 N–H and O–H groups in total. The normalized spacial score (nSPS) is 10.6. The van der Waals surface area contributed by atoms with E-state index in [9.17, 15) is 19.2 Å². The summed E-state index contributed by atoms with van der Waals surface area (Å²) >= 11 is 0. The molecule has 0 saturated heterocycles. The highest BCUT2D eigenvalue weighted by Gasteiger charge is 2.14. The minimum atomic E-state index is -0.538. The summed E-state index contributed by atoms with van der Waals surface area (Å²) in [6.07, 6.45) is 0. The van der Waals surface area contributed by atoms with Crippen LogP contribution < -0.4 is 26.6 Å². The first kappa shape index (κ1) is 22.5. The number of anilines is 2. The second kappa shape index (κ2) is 9.41. The first-order valence-corrected chi connectivity index (χ1v) is 10.3. The third kappa shape index (κ3) is 4.70. The van der Waals surface area contributed by atoms with Crippen LogP contribution in [-0.2, 0) is 18.9 Å². The second-order valence-corrected chi connectivity index (χ2v) is 7.46. The van der Waals surface area contributed by atoms with Crippen LogP contribution in [0, 0.1) is 0 Å². The summed E-state index contributed by atoms with van der Waals surface area (Å²) in [5.74, 6) is -0.467. The van der Waals surface area contributed by atoms with Crippen LogP contribution in [0.3, 0.4) is 0 Å². The highest BCUT2D eigenvalue weighted by Crippen LogP contribution is 2.18. The average Bonchev–Trinajstić information content (AvgIpc) is 2.85. The molecule has 10 nitrogen and oxygen atoms in total. The molecule has 10 heteroatoms. The number of amides is 2. The van der Waals surface area contributed by atoms with E-state index in [1.54, 1.807) is 36.4 Å². The predicted octanol–water partition coefficient (Wildman–Crippen LogP) is 1.90. The molecule has 2 aromatic carbocycles. The first-order chi connectivity index (χ1) is 16.3. The summed E-state index contributed by atoms with van der Waals surface area (Å²) in [7, 11) is 2.86. The number of fused-ring (bicyclic) bond motifs is 1. The van der Waals surface area contributed by atoms with Gasteiger partial charge >= 0.3 is 5.69 Å². The van der Waals surface area contributed by atoms with Crippen LogP contribution in [0.25, 0.3) is 11.0 Å². The van der Waals surface area contributed by atoms with Gasteiger partial charge in [0.25, 0.3) is 17.4 Å². The van der Waals surface area contributed by atoms with Gasteiger partial charge in [-0.3, -0.25) is 23.5 Å². The van der Waals surface area contributed by atoms with Crippen molar-refractivity contribution in [2.75, 3.05) is 17.2 Å². The number of nitrogens with one attached hydrogen (secondary N) is 2. The van der Waals surface area contributed by atoms with E-state index < -0.39 is 17.2 Å². The van der Waals surface area contributed by atoms with Gasteiger partial charge in [0.2, 0.25) is 0 Å². The number of pyridine rings is 1. The van der Waals surface area contributed by atoms with Crippen molar-refractivity contribution in [2.24, 2.45) is 14.1 Å². The maximum absolute atomic E-state index is 12.7. The second-order valence-electron chi connectivity index (χ2n) is 7.46. The van der Waals surface area contributed by atoms with Crippen molar-refractivity contribution in [1.29, 1.82) is 0 Å². The zero-order valence-electron chi connectivity index (χ0n) is 18.4. The lowest BCUT2D eigenvalue weighted by atomic mass is 10.2. The van der Waals surface area contributed by atoms with E-state index in [-0.39, 0.29) is 29.2 Å². The van der Waals surface area contributed by atoms with Crippen LogP contribution in [0.2, 0.25) is 0 Å². The molecular weight excluding hydrogens is 438 g/mol. The summed E-state index contributed by atoms with van der Waals surface area (Å²) in [6.45, 7) is -0.207. The fourth-order valence-electron chi connectivity index (χ4n) is 3.31. The van der Waals surface area contributed by atoms with Gasteiger partial charge in [-0.05, 0) is 36.4 Å². The van der Waals surface area contributed by atoms with Gasteiger partial charge in [0.15, 0.2) is 6.61 Å². The maximum Gasteiger partial charge on any atom is 0.332 e. The fourth-order valence-corrected chi connectivity index (χ4v) is 3.31. The maximum atomic E-state index is 12.7. The Hall–Kier alpha value is -4.73. The molecule has 2 amide bonds. The standard InChI is InChI=1S/C24H21N5O5/c1-28-21-18(23(32)29(2)24(28)33)11-12-19(27-21)22(31)26-16-9-6-10-17(13-16)34-14-20(30)25-15-7-4-3-5-8-15/h3-13H,14H2,1-2H3,(H,25,30)(H,26,31). The molecule has 4 rings (SSSR count). The van der Waals surface area contributed by atoms with E-state index in [1.165, 1.54) is 30.8 Å². The molecule has 0 aliphatic rings. The minimum absolute atomic E-state index is 0.0318. The van der Waals surface area contributed by atoms with E-state index in [4.69, 9.17) is 4.74 Å². The lowest BCUT2D eigenvalue weighted by Crippen LogP contribution is -2.37. The van der Waals surface area contributed by atoms with Gasteiger partial charge in [0, 0.05) is 31.5 Å². The number of carbonyl (C=O) groups is 2. The van der Waals surface area contributed by atoms with E-state index in [0.717, 1.165) is 4.57 Å². The number of aryl methyl sites for hydroxylation is 1. The van der Waals surface area contributed by atoms with Gasteiger partial charge < -0.3 is 15.4 Å². The number of ether oxygens (including phenoxy) is 1. The molecule has 0 saturated carbocycles. The van der Waals surface area contributed by atoms with Crippen molar-refractivity contribution in [3.8, 4) is 5.75 Å². The summed E-state index contributed by atoms with van der Waals surface area (Å²) in [5, 5.41) is 5.65. The number of para-hydroxylation sites is 1. The quantitative estimate of drug-likeness (QED) is 0.454. The number of rotatable bonds is 6. The number of hydrogen-bond donors (Lipinski definition) is 2. The van der Waals surface area contributed by atoms with Gasteiger partial charge in [-0.25, -0.2) is 9.78 Å². The highest BCUT2D eigenvalue weighted by molar-refractivity contribution is 6.04. The van der Waals surface area contributed by atoms with Crippen molar-refractivity contribution < 1.29 is 14.3 Å². The number of aromatic nitrogens is 3. The molecule has 0 radical (unpaired) electrons. The van der Waals surface area contributed by atoms with Crippen LogP contribution in [0.4, 0.5) is 11.4 Å². The Morgan fingerprint density at radius 3 is 2.38 bits per heavy atom. The van der Waals surface area contributed by atoms with Crippen LogP contribution in [0.1, 0.15) is 10.5 Å². The molecule has 2 heterocycles. The zero-order chi connectivity index (χ0) is 24.2. The van der Waals surface area contributed by atoms with Gasteiger partial charge in [0.05, 0.1) is 5.39 Å². The predicted molar refractivity (Wildman–Crippen MR) is 127 cm³/mol. The van der Waals surface area contributed by atoms with Crippen molar-refractivity contribution in [3.63, 3.8) is 0 Å². The lowest BCUT2D eigenvalue weighted by Gasteiger charge is -2.10. The Bertz CT molecular complexity index is 1510. The third-order valence-electron chi connectivity index (χ3n) is 5.05. The lowest BCUT2D eigenvalue weighted by molar-refractivity contribution is -0.118. The zero-order valence-corrected chi connectivity index (χ0v) is 18.4. The number of carbonyl (C=O) groups excluding carboxylic acids is 2. The SMILES string of the molecule is Cn1c(=O)c2ccc(C(=O)Nc3cccc(OCC(=O)Nc4ccccc4)c3)nc2n(C)c1=O. The highest BCUT2D eigenvalue weighted by atomic mass is 16.5. The van der Waals surface area contributed by atoms with Crippen molar-refractivity contribution in [1.82, 2.24) is 14.1 Å². The van der Waals surface area contributed by atoms with Gasteiger partial charge in [-0.1, -0.05) is 24.3 Å². The first-order valence-electron chi connectivity index (χ1n) is 10.3. The molecule has 0 atom stereocenters. The Labute approximate surface area is 193 Å². The number of nitrogens with zero attached hydrogens (tertiary/aromatic N) is 3. The van der Waals surface area contributed by atoms with E-state index in [2.05, 4.69) is 15.6 Å². The van der Waals surface area contributed by atoms with E-state index in [1.807, 2.05) is 18.2 Å². The van der Waals surface area contributed by atoms with Crippen LogP contribution in [0.5, 0.6) is 5.75 Å². The number of hydrogen-bond acceptors (Lipinski definition) is 6. The molecule has 0 fully saturated rings. The molecular formula is C24H21N5O5. The monoisotopic (exact) mass is 459 g/mol.